The molecule has 5 heteroatoms. The lowest BCUT2D eigenvalue weighted by Crippen LogP contribution is -2.42. The second-order valence-corrected chi connectivity index (χ2v) is 12.6. The minimum Gasteiger partial charge on any atom is -0.300 e. The Morgan fingerprint density at radius 1 is 0.478 bits per heavy atom. The van der Waals surface area contributed by atoms with Crippen molar-refractivity contribution in [3.8, 4) is 0 Å². The number of benzene rings is 3. The molecule has 116 valence electrons. The van der Waals surface area contributed by atoms with E-state index in [0.717, 1.165) is 15.9 Å². The molecule has 0 atom stereocenters. The van der Waals surface area contributed by atoms with Gasteiger partial charge in [-0.15, -0.1) is 0 Å². The lowest BCUT2D eigenvalue weighted by atomic mass is 10.3. The maximum atomic E-state index is 6.70. The summed E-state index contributed by atoms with van der Waals surface area (Å²) in [7, 11) is -2.38. The first kappa shape index (κ1) is 16.9. The summed E-state index contributed by atoms with van der Waals surface area (Å²) in [5, 5.41) is 3.24. The molecule has 0 saturated carbocycles. The Morgan fingerprint density at radius 3 is 0.957 bits per heavy atom. The average Bonchev–Trinajstić information content (AvgIpc) is 2.57. The molecule has 3 rings (SSSR count). The van der Waals surface area contributed by atoms with E-state index in [1.165, 1.54) is 0 Å². The zero-order chi connectivity index (χ0) is 16.3. The van der Waals surface area contributed by atoms with Gasteiger partial charge in [0.05, 0.1) is 15.9 Å². The molecule has 0 radical (unpaired) electrons. The normalized spacial score (nSPS) is 12.1. The van der Waals surface area contributed by atoms with Gasteiger partial charge in [0.15, 0.2) is 0 Å². The molecule has 0 aliphatic heterocycles. The molecule has 0 heterocycles. The molecule has 0 spiro atoms. The lowest BCUT2D eigenvalue weighted by Gasteiger charge is -2.39. The maximum absolute atomic E-state index is 6.70. The molecule has 0 amide bonds. The van der Waals surface area contributed by atoms with Crippen LogP contribution in [0.4, 0.5) is 0 Å². The Kier molecular flexibility index (Phi) is 5.04. The quantitative estimate of drug-likeness (QED) is 0.435. The van der Waals surface area contributed by atoms with Gasteiger partial charge < -0.3 is 34.4 Å². The summed E-state index contributed by atoms with van der Waals surface area (Å²) < 4.78 is -2.21. The largest absolute Gasteiger partial charge is 0.424 e. The number of halogens is 3. The van der Waals surface area contributed by atoms with Crippen molar-refractivity contribution < 1.29 is 0 Å². The fourth-order valence-corrected chi connectivity index (χ4v) is 9.82. The van der Waals surface area contributed by atoms with Crippen LogP contribution in [-0.2, 0) is 0 Å². The van der Waals surface area contributed by atoms with Crippen LogP contribution >= 0.6 is 41.5 Å². The summed E-state index contributed by atoms with van der Waals surface area (Å²) in [4.78, 5) is 0. The molecule has 0 fully saturated rings. The third kappa shape index (κ3) is 3.04. The standard InChI is InChI=1S/C18H15BCl3P/c20-19(21,22)23(16-10-4-1-5-11-16,17-12-6-2-7-13-17)18-14-8-3-9-15-18/h1-15H. The van der Waals surface area contributed by atoms with Gasteiger partial charge in [0.25, 0.3) is 0 Å². The van der Waals surface area contributed by atoms with Crippen molar-refractivity contribution in [3.63, 3.8) is 0 Å². The minimum absolute atomic E-state index is 1.08. The van der Waals surface area contributed by atoms with Crippen molar-refractivity contribution in [1.82, 2.24) is 0 Å². The summed E-state index contributed by atoms with van der Waals surface area (Å²) >= 11 is 20.1. The van der Waals surface area contributed by atoms with Gasteiger partial charge in [0, 0.05) is 0 Å². The van der Waals surface area contributed by atoms with Crippen LogP contribution in [0.25, 0.3) is 0 Å². The molecule has 0 nitrogen and oxygen atoms in total. The molecule has 0 saturated heterocycles. The van der Waals surface area contributed by atoms with Crippen molar-refractivity contribution in [2.75, 3.05) is 0 Å². The predicted molar refractivity (Wildman–Crippen MR) is 108 cm³/mol. The topological polar surface area (TPSA) is 0 Å². The molecule has 0 unspecified atom stereocenters. The lowest BCUT2D eigenvalue weighted by molar-refractivity contribution is 1.73. The predicted octanol–water partition coefficient (Wildman–Crippen LogP) is 5.13. The second kappa shape index (κ2) is 6.87. The zero-order valence-electron chi connectivity index (χ0n) is 12.3. The number of rotatable bonds is 4. The van der Waals surface area contributed by atoms with E-state index >= 15 is 0 Å². The van der Waals surface area contributed by atoms with E-state index in [4.69, 9.17) is 34.4 Å². The first-order valence-electron chi connectivity index (χ1n) is 7.32. The molecule has 3 aromatic rings. The Labute approximate surface area is 152 Å². The zero-order valence-corrected chi connectivity index (χ0v) is 15.5. The Hall–Kier alpha value is -0.975. The smallest absolute Gasteiger partial charge is 0.300 e. The van der Waals surface area contributed by atoms with Gasteiger partial charge >= 0.3 is 4.11 Å². The fourth-order valence-electron chi connectivity index (χ4n) is 2.94. The van der Waals surface area contributed by atoms with Gasteiger partial charge in [-0.05, 0) is 43.5 Å². The molecule has 0 aliphatic rings. The van der Waals surface area contributed by atoms with E-state index in [1.54, 1.807) is 0 Å². The highest BCUT2D eigenvalue weighted by Crippen LogP contribution is 2.68. The van der Waals surface area contributed by atoms with Crippen molar-refractivity contribution in [3.05, 3.63) is 91.0 Å². The molecule has 0 aromatic heterocycles. The SMILES string of the molecule is Cl[B-](Cl)(Cl)[P+](c1ccccc1)(c1ccccc1)c1ccccc1. The van der Waals surface area contributed by atoms with E-state index in [2.05, 4.69) is 36.4 Å². The van der Waals surface area contributed by atoms with Crippen LogP contribution in [0.3, 0.4) is 0 Å². The van der Waals surface area contributed by atoms with Crippen molar-refractivity contribution in [2.24, 2.45) is 0 Å². The Bertz CT molecular complexity index is 662. The van der Waals surface area contributed by atoms with E-state index < -0.39 is 11.3 Å². The van der Waals surface area contributed by atoms with Crippen LogP contribution in [0.1, 0.15) is 0 Å². The number of hydrogen-bond donors (Lipinski definition) is 0. The van der Waals surface area contributed by atoms with Crippen LogP contribution in [0.5, 0.6) is 0 Å². The highest BCUT2D eigenvalue weighted by Gasteiger charge is 2.55. The first-order chi connectivity index (χ1) is 11.1. The summed E-state index contributed by atoms with van der Waals surface area (Å²) in [6.45, 7) is 0. The van der Waals surface area contributed by atoms with Crippen molar-refractivity contribution >= 4 is 61.5 Å². The first-order valence-corrected chi connectivity index (χ1v) is 10.5. The van der Waals surface area contributed by atoms with E-state index in [0.29, 0.717) is 0 Å². The van der Waals surface area contributed by atoms with Crippen LogP contribution in [0, 0.1) is 0 Å². The molecular weight excluding hydrogens is 364 g/mol. The second-order valence-electron chi connectivity index (χ2n) is 5.27. The van der Waals surface area contributed by atoms with Gasteiger partial charge in [0.2, 0.25) is 0 Å². The number of hydrogen-bond acceptors (Lipinski definition) is 0. The van der Waals surface area contributed by atoms with Crippen LogP contribution in [0.2, 0.25) is 0 Å². The van der Waals surface area contributed by atoms with Gasteiger partial charge in [-0.3, -0.25) is 0 Å². The van der Waals surface area contributed by atoms with Crippen LogP contribution in [-0.4, -0.2) is 4.11 Å². The summed E-state index contributed by atoms with van der Waals surface area (Å²) in [5.41, 5.74) is 0. The molecule has 3 aromatic carbocycles. The molecular formula is C18H15BCl3P. The Morgan fingerprint density at radius 2 is 0.739 bits per heavy atom. The van der Waals surface area contributed by atoms with Crippen LogP contribution < -0.4 is 15.9 Å². The van der Waals surface area contributed by atoms with E-state index in [9.17, 15) is 0 Å². The molecule has 0 bridgehead atoms. The summed E-state index contributed by atoms with van der Waals surface area (Å²) in [6.07, 6.45) is 0. The summed E-state index contributed by atoms with van der Waals surface area (Å²) in [6, 6.07) is 30.4. The van der Waals surface area contributed by atoms with Gasteiger partial charge in [-0.2, -0.15) is 0 Å². The van der Waals surface area contributed by atoms with Crippen LogP contribution in [0.15, 0.2) is 91.0 Å². The average molecular weight is 379 g/mol. The van der Waals surface area contributed by atoms with E-state index in [1.807, 2.05) is 54.6 Å². The minimum atomic E-state index is -2.38. The highest BCUT2D eigenvalue weighted by molar-refractivity contribution is 8.37. The summed E-state index contributed by atoms with van der Waals surface area (Å²) in [5.74, 6) is 0. The molecule has 0 aliphatic carbocycles. The van der Waals surface area contributed by atoms with Gasteiger partial charge in [0.1, 0.15) is 0 Å². The van der Waals surface area contributed by atoms with Gasteiger partial charge in [-0.1, -0.05) is 54.6 Å². The fraction of sp³-hybridized carbons (Fsp3) is 0. The maximum Gasteiger partial charge on any atom is 0.424 e. The third-order valence-electron chi connectivity index (χ3n) is 3.93. The van der Waals surface area contributed by atoms with E-state index in [-0.39, 0.29) is 0 Å². The molecule has 0 N–H and O–H groups in total. The van der Waals surface area contributed by atoms with Crippen molar-refractivity contribution in [1.29, 1.82) is 0 Å². The van der Waals surface area contributed by atoms with Gasteiger partial charge in [-0.25, -0.2) is 0 Å². The third-order valence-corrected chi connectivity index (χ3v) is 10.8. The van der Waals surface area contributed by atoms with Crippen molar-refractivity contribution in [2.45, 2.75) is 0 Å². The highest BCUT2D eigenvalue weighted by atomic mass is 35.6. The Balaban J connectivity index is 2.41. The monoisotopic (exact) mass is 378 g/mol. The molecule has 23 heavy (non-hydrogen) atoms.